The van der Waals surface area contributed by atoms with Gasteiger partial charge in [-0.15, -0.1) is 0 Å². The molecular formula is C22H27N3O5. The van der Waals surface area contributed by atoms with Crippen LogP contribution in [-0.4, -0.2) is 66.1 Å². The number of aliphatic hydroxyl groups is 1. The Morgan fingerprint density at radius 3 is 2.77 bits per heavy atom. The van der Waals surface area contributed by atoms with Gasteiger partial charge >= 0.3 is 6.03 Å². The van der Waals surface area contributed by atoms with E-state index in [2.05, 4.69) is 15.5 Å². The second-order valence-electron chi connectivity index (χ2n) is 9.10. The molecular weight excluding hydrogens is 386 g/mol. The molecule has 3 atom stereocenters. The fraction of sp³-hybridized carbons (Fsp3) is 0.591. The molecule has 5 rings (SSSR count). The van der Waals surface area contributed by atoms with E-state index in [-0.39, 0.29) is 25.2 Å². The number of amides is 3. The van der Waals surface area contributed by atoms with Crippen molar-refractivity contribution < 1.29 is 24.2 Å². The maximum absolute atomic E-state index is 13.7. The molecule has 2 saturated heterocycles. The van der Waals surface area contributed by atoms with Gasteiger partial charge < -0.3 is 15.2 Å². The van der Waals surface area contributed by atoms with Crippen molar-refractivity contribution in [3.8, 4) is 5.75 Å². The third kappa shape index (κ3) is 2.77. The average molecular weight is 413 g/mol. The van der Waals surface area contributed by atoms with Crippen LogP contribution in [-0.2, 0) is 10.2 Å². The highest BCUT2D eigenvalue weighted by Gasteiger charge is 2.66. The highest BCUT2D eigenvalue weighted by molar-refractivity contribution is 6.06. The predicted octanol–water partition coefficient (Wildman–Crippen LogP) is 0.964. The number of urea groups is 1. The van der Waals surface area contributed by atoms with Gasteiger partial charge in [0.2, 0.25) is 5.91 Å². The Morgan fingerprint density at radius 1 is 1.23 bits per heavy atom. The number of ketones is 1. The number of hydrogen-bond donors (Lipinski definition) is 3. The SMILES string of the molecule is COc1ccc2c(c1)C13CCN(CC4CC4)[C@H](C2=O)[C@]1(O)CCNC(=O)NC(=O)C3. The Kier molecular flexibility index (Phi) is 4.41. The summed E-state index contributed by atoms with van der Waals surface area (Å²) in [5.74, 6) is 0.569. The Hall–Kier alpha value is -2.45. The standard InChI is InChI=1S/C22H27N3O5/c1-30-14-4-5-15-16(10-14)21-7-9-25(12-13-2-3-13)19(18(15)27)22(21,29)6-8-23-20(28)24-17(26)11-21/h4-5,10,13,19,29H,2-3,6-9,11-12H2,1H3,(H2,23,24,26,28)/t19-,21?,22-/m1/s1. The second kappa shape index (κ2) is 6.78. The van der Waals surface area contributed by atoms with Crippen LogP contribution < -0.4 is 15.4 Å². The highest BCUT2D eigenvalue weighted by Crippen LogP contribution is 2.55. The van der Waals surface area contributed by atoms with Crippen molar-refractivity contribution in [1.82, 2.24) is 15.5 Å². The monoisotopic (exact) mass is 413 g/mol. The van der Waals surface area contributed by atoms with E-state index in [9.17, 15) is 19.5 Å². The van der Waals surface area contributed by atoms with E-state index in [1.54, 1.807) is 25.3 Å². The van der Waals surface area contributed by atoms with E-state index in [0.717, 1.165) is 19.4 Å². The van der Waals surface area contributed by atoms with Crippen LogP contribution in [0.25, 0.3) is 0 Å². The molecule has 0 aromatic heterocycles. The van der Waals surface area contributed by atoms with E-state index in [4.69, 9.17) is 4.74 Å². The molecule has 3 fully saturated rings. The lowest BCUT2D eigenvalue weighted by atomic mass is 9.51. The first-order valence-corrected chi connectivity index (χ1v) is 10.6. The largest absolute Gasteiger partial charge is 0.497 e. The lowest BCUT2D eigenvalue weighted by Crippen LogP contribution is -2.74. The number of piperidine rings is 1. The summed E-state index contributed by atoms with van der Waals surface area (Å²) in [4.78, 5) is 40.6. The molecule has 1 unspecified atom stereocenters. The van der Waals surface area contributed by atoms with Gasteiger partial charge in [-0.2, -0.15) is 0 Å². The summed E-state index contributed by atoms with van der Waals surface area (Å²) < 4.78 is 5.40. The molecule has 8 nitrogen and oxygen atoms in total. The zero-order valence-corrected chi connectivity index (χ0v) is 17.1. The molecule has 0 radical (unpaired) electrons. The summed E-state index contributed by atoms with van der Waals surface area (Å²) >= 11 is 0. The third-order valence-corrected chi connectivity index (χ3v) is 7.42. The number of rotatable bonds is 3. The van der Waals surface area contributed by atoms with Gasteiger partial charge in [-0.25, -0.2) is 4.79 Å². The minimum Gasteiger partial charge on any atom is -0.497 e. The molecule has 1 aromatic rings. The van der Waals surface area contributed by atoms with Crippen LogP contribution in [0, 0.1) is 5.92 Å². The van der Waals surface area contributed by atoms with E-state index in [0.29, 0.717) is 35.8 Å². The van der Waals surface area contributed by atoms with Crippen LogP contribution >= 0.6 is 0 Å². The number of nitrogens with zero attached hydrogens (tertiary/aromatic N) is 1. The number of ether oxygens (including phenoxy) is 1. The van der Waals surface area contributed by atoms with E-state index < -0.39 is 29.0 Å². The fourth-order valence-corrected chi connectivity index (χ4v) is 5.80. The van der Waals surface area contributed by atoms with Gasteiger partial charge in [0.15, 0.2) is 5.78 Å². The number of benzene rings is 1. The lowest BCUT2D eigenvalue weighted by molar-refractivity contribution is -0.147. The van der Waals surface area contributed by atoms with Gasteiger partial charge in [0.05, 0.1) is 12.7 Å². The Bertz CT molecular complexity index is 929. The number of fused-ring (bicyclic) bond motifs is 1. The molecule has 2 aliphatic carbocycles. The zero-order valence-electron chi connectivity index (χ0n) is 17.1. The number of carbonyl (C=O) groups is 3. The van der Waals surface area contributed by atoms with Gasteiger partial charge in [0.25, 0.3) is 0 Å². The van der Waals surface area contributed by atoms with Crippen LogP contribution in [0.5, 0.6) is 5.75 Å². The summed E-state index contributed by atoms with van der Waals surface area (Å²) in [5, 5.41) is 17.3. The molecule has 30 heavy (non-hydrogen) atoms. The Labute approximate surface area is 174 Å². The normalized spacial score (nSPS) is 33.9. The van der Waals surface area contributed by atoms with Gasteiger partial charge in [-0.05, 0) is 61.9 Å². The van der Waals surface area contributed by atoms with Crippen molar-refractivity contribution in [3.63, 3.8) is 0 Å². The minimum absolute atomic E-state index is 0.0574. The smallest absolute Gasteiger partial charge is 0.321 e. The molecule has 2 bridgehead atoms. The maximum atomic E-state index is 13.7. The molecule has 1 aromatic carbocycles. The molecule has 3 amide bonds. The topological polar surface area (TPSA) is 108 Å². The molecule has 0 spiro atoms. The first-order valence-electron chi connectivity index (χ1n) is 10.6. The van der Waals surface area contributed by atoms with Crippen molar-refractivity contribution in [2.45, 2.75) is 49.2 Å². The van der Waals surface area contributed by atoms with Crippen LogP contribution in [0.4, 0.5) is 4.79 Å². The molecule has 1 saturated carbocycles. The Morgan fingerprint density at radius 2 is 2.03 bits per heavy atom. The highest BCUT2D eigenvalue weighted by atomic mass is 16.5. The summed E-state index contributed by atoms with van der Waals surface area (Å²) in [6.07, 6.45) is 2.96. The molecule has 3 N–H and O–H groups in total. The van der Waals surface area contributed by atoms with Crippen LogP contribution in [0.1, 0.15) is 48.0 Å². The number of imide groups is 1. The number of methoxy groups -OCH3 is 1. The van der Waals surface area contributed by atoms with Crippen molar-refractivity contribution >= 4 is 17.7 Å². The third-order valence-electron chi connectivity index (χ3n) is 7.42. The van der Waals surface area contributed by atoms with Crippen molar-refractivity contribution in [2.24, 2.45) is 5.92 Å². The minimum atomic E-state index is -1.47. The predicted molar refractivity (Wildman–Crippen MR) is 107 cm³/mol. The molecule has 2 heterocycles. The van der Waals surface area contributed by atoms with E-state index in [1.165, 1.54) is 0 Å². The first kappa shape index (κ1) is 19.5. The van der Waals surface area contributed by atoms with Crippen molar-refractivity contribution in [2.75, 3.05) is 26.7 Å². The first-order chi connectivity index (χ1) is 14.4. The van der Waals surface area contributed by atoms with Crippen LogP contribution in [0.15, 0.2) is 18.2 Å². The maximum Gasteiger partial charge on any atom is 0.321 e. The fourth-order valence-electron chi connectivity index (χ4n) is 5.80. The lowest BCUT2D eigenvalue weighted by Gasteiger charge is -2.60. The quantitative estimate of drug-likeness (QED) is 0.681. The van der Waals surface area contributed by atoms with E-state index in [1.807, 2.05) is 0 Å². The average Bonchev–Trinajstić information content (AvgIpc) is 3.51. The van der Waals surface area contributed by atoms with E-state index >= 15 is 0 Å². The molecule has 4 aliphatic rings. The summed E-state index contributed by atoms with van der Waals surface area (Å²) in [6, 6.07) is 3.99. The molecule has 8 heteroatoms. The second-order valence-corrected chi connectivity index (χ2v) is 9.10. The van der Waals surface area contributed by atoms with Crippen molar-refractivity contribution in [3.05, 3.63) is 29.3 Å². The van der Waals surface area contributed by atoms with Crippen LogP contribution in [0.2, 0.25) is 0 Å². The van der Waals surface area contributed by atoms with Gasteiger partial charge in [0.1, 0.15) is 11.8 Å². The number of Topliss-reactive ketones (excluding diaryl/α,β-unsaturated/α-hetero) is 1. The zero-order chi connectivity index (χ0) is 21.1. The number of hydrogen-bond acceptors (Lipinski definition) is 6. The van der Waals surface area contributed by atoms with Crippen molar-refractivity contribution in [1.29, 1.82) is 0 Å². The summed E-state index contributed by atoms with van der Waals surface area (Å²) in [7, 11) is 1.55. The number of likely N-dealkylation sites (tertiary alicyclic amines) is 1. The Balaban J connectivity index is 1.71. The van der Waals surface area contributed by atoms with Crippen LogP contribution in [0.3, 0.4) is 0 Å². The number of carbonyl (C=O) groups excluding carboxylic acids is 3. The summed E-state index contributed by atoms with van der Waals surface area (Å²) in [6.45, 7) is 1.58. The van der Waals surface area contributed by atoms with Gasteiger partial charge in [-0.1, -0.05) is 0 Å². The number of nitrogens with one attached hydrogen (secondary N) is 2. The van der Waals surface area contributed by atoms with Gasteiger partial charge in [0, 0.05) is 30.5 Å². The molecule has 160 valence electrons. The summed E-state index contributed by atoms with van der Waals surface area (Å²) in [5.41, 5.74) is -1.24. The van der Waals surface area contributed by atoms with Gasteiger partial charge in [-0.3, -0.25) is 19.8 Å². The molecule has 2 aliphatic heterocycles.